The number of amides is 1. The Morgan fingerprint density at radius 1 is 1.33 bits per heavy atom. The molecule has 0 aliphatic carbocycles. The molecule has 0 spiro atoms. The highest BCUT2D eigenvalue weighted by Crippen LogP contribution is 2.19. The zero-order chi connectivity index (χ0) is 18.5. The van der Waals surface area contributed by atoms with Crippen molar-refractivity contribution in [2.24, 2.45) is 0 Å². The number of ether oxygens (including phenoxy) is 1. The number of hydrogen-bond acceptors (Lipinski definition) is 6. The first-order valence-corrected chi connectivity index (χ1v) is 9.62. The molecule has 2 saturated heterocycles. The first-order chi connectivity index (χ1) is 13.3. The van der Waals surface area contributed by atoms with Gasteiger partial charge in [0.25, 0.3) is 5.91 Å². The van der Waals surface area contributed by atoms with E-state index in [9.17, 15) is 4.79 Å². The Bertz CT molecular complexity index is 765. The van der Waals surface area contributed by atoms with E-state index in [0.717, 1.165) is 50.4 Å². The van der Waals surface area contributed by atoms with Crippen molar-refractivity contribution >= 4 is 11.7 Å². The van der Waals surface area contributed by atoms with Crippen molar-refractivity contribution in [2.45, 2.75) is 25.4 Å². The molecule has 1 atom stereocenters. The summed E-state index contributed by atoms with van der Waals surface area (Å²) >= 11 is 0. The third kappa shape index (κ3) is 4.28. The second kappa shape index (κ2) is 8.49. The smallest absolute Gasteiger partial charge is 0.272 e. The van der Waals surface area contributed by atoms with E-state index in [2.05, 4.69) is 25.6 Å². The van der Waals surface area contributed by atoms with Gasteiger partial charge in [0.05, 0.1) is 19.3 Å². The van der Waals surface area contributed by atoms with E-state index in [-0.39, 0.29) is 5.91 Å². The Balaban J connectivity index is 1.39. The minimum absolute atomic E-state index is 0.158. The highest BCUT2D eigenvalue weighted by Gasteiger charge is 2.19. The van der Waals surface area contributed by atoms with Crippen LogP contribution in [-0.2, 0) is 11.3 Å². The quantitative estimate of drug-likeness (QED) is 0.816. The van der Waals surface area contributed by atoms with Crippen molar-refractivity contribution < 1.29 is 9.53 Å². The first-order valence-electron chi connectivity index (χ1n) is 9.62. The summed E-state index contributed by atoms with van der Waals surface area (Å²) in [7, 11) is 0. The minimum Gasteiger partial charge on any atom is -0.378 e. The molecule has 2 aromatic heterocycles. The number of anilines is 1. The number of nitrogens with one attached hydrogen (secondary N) is 2. The Morgan fingerprint density at radius 2 is 2.22 bits per heavy atom. The maximum Gasteiger partial charge on any atom is 0.272 e. The van der Waals surface area contributed by atoms with Gasteiger partial charge in [-0.25, -0.2) is 4.98 Å². The highest BCUT2D eigenvalue weighted by molar-refractivity contribution is 5.92. The summed E-state index contributed by atoms with van der Waals surface area (Å²) in [6.07, 6.45) is 5.91. The molecule has 4 heterocycles. The summed E-state index contributed by atoms with van der Waals surface area (Å²) in [4.78, 5) is 19.3. The number of pyridine rings is 1. The molecule has 2 N–H and O–H groups in total. The molecule has 0 aromatic carbocycles. The Hall–Kier alpha value is -2.45. The van der Waals surface area contributed by atoms with Crippen LogP contribution in [0.1, 0.15) is 34.9 Å². The number of aromatic nitrogens is 3. The normalized spacial score (nSPS) is 20.4. The van der Waals surface area contributed by atoms with E-state index in [1.54, 1.807) is 12.3 Å². The Labute approximate surface area is 158 Å². The average Bonchev–Trinajstić information content (AvgIpc) is 3.24. The van der Waals surface area contributed by atoms with Gasteiger partial charge in [-0.1, -0.05) is 6.07 Å². The minimum atomic E-state index is -0.158. The van der Waals surface area contributed by atoms with Crippen LogP contribution in [0.4, 0.5) is 5.82 Å². The molecule has 8 nitrogen and oxygen atoms in total. The second-order valence-corrected chi connectivity index (χ2v) is 6.95. The van der Waals surface area contributed by atoms with E-state index in [4.69, 9.17) is 4.74 Å². The second-order valence-electron chi connectivity index (χ2n) is 6.95. The molecule has 8 heteroatoms. The lowest BCUT2D eigenvalue weighted by molar-refractivity contribution is 0.0944. The molecular weight excluding hydrogens is 344 g/mol. The summed E-state index contributed by atoms with van der Waals surface area (Å²) in [5.74, 6) is 0.759. The largest absolute Gasteiger partial charge is 0.378 e. The van der Waals surface area contributed by atoms with Gasteiger partial charge in [-0.3, -0.25) is 9.48 Å². The zero-order valence-corrected chi connectivity index (χ0v) is 15.4. The summed E-state index contributed by atoms with van der Waals surface area (Å²) in [5.41, 5.74) is 1.46. The Morgan fingerprint density at radius 3 is 3.04 bits per heavy atom. The van der Waals surface area contributed by atoms with Crippen LogP contribution < -0.4 is 15.5 Å². The van der Waals surface area contributed by atoms with Crippen molar-refractivity contribution in [3.05, 3.63) is 41.9 Å². The number of piperidine rings is 1. The number of hydrogen-bond donors (Lipinski definition) is 2. The van der Waals surface area contributed by atoms with Crippen LogP contribution in [0.25, 0.3) is 0 Å². The fourth-order valence-electron chi connectivity index (χ4n) is 3.62. The van der Waals surface area contributed by atoms with Gasteiger partial charge >= 0.3 is 0 Å². The fraction of sp³-hybridized carbons (Fsp3) is 0.526. The van der Waals surface area contributed by atoms with Crippen LogP contribution in [0.15, 0.2) is 30.6 Å². The third-order valence-corrected chi connectivity index (χ3v) is 5.10. The molecule has 0 saturated carbocycles. The van der Waals surface area contributed by atoms with Crippen molar-refractivity contribution in [2.75, 3.05) is 44.3 Å². The molecule has 144 valence electrons. The van der Waals surface area contributed by atoms with Crippen LogP contribution in [0, 0.1) is 0 Å². The number of rotatable bonds is 5. The van der Waals surface area contributed by atoms with Gasteiger partial charge in [0, 0.05) is 44.1 Å². The summed E-state index contributed by atoms with van der Waals surface area (Å²) in [6.45, 7) is 5.43. The topological polar surface area (TPSA) is 84.3 Å². The van der Waals surface area contributed by atoms with E-state index >= 15 is 0 Å². The average molecular weight is 370 g/mol. The van der Waals surface area contributed by atoms with E-state index < -0.39 is 0 Å². The molecule has 4 rings (SSSR count). The van der Waals surface area contributed by atoms with Crippen LogP contribution in [0.2, 0.25) is 0 Å². The predicted octanol–water partition coefficient (Wildman–Crippen LogP) is 0.969. The lowest BCUT2D eigenvalue weighted by Crippen LogP contribution is -2.38. The SMILES string of the molecule is O=C(NCc1cccnc1N1CCOCC1)c1ccn(C2CCCNC2)n1. The fourth-order valence-corrected chi connectivity index (χ4v) is 3.62. The molecule has 2 aromatic rings. The zero-order valence-electron chi connectivity index (χ0n) is 15.4. The van der Waals surface area contributed by atoms with E-state index in [1.807, 2.05) is 23.0 Å². The molecule has 0 bridgehead atoms. The number of nitrogens with zero attached hydrogens (tertiary/aromatic N) is 4. The lowest BCUT2D eigenvalue weighted by atomic mass is 10.1. The summed E-state index contributed by atoms with van der Waals surface area (Å²) < 4.78 is 7.32. The van der Waals surface area contributed by atoms with Crippen LogP contribution in [-0.4, -0.2) is 60.1 Å². The van der Waals surface area contributed by atoms with Gasteiger partial charge in [-0.2, -0.15) is 5.10 Å². The third-order valence-electron chi connectivity index (χ3n) is 5.10. The molecule has 1 unspecified atom stereocenters. The maximum atomic E-state index is 12.5. The van der Waals surface area contributed by atoms with Crippen molar-refractivity contribution in [1.82, 2.24) is 25.4 Å². The molecule has 2 fully saturated rings. The molecule has 27 heavy (non-hydrogen) atoms. The van der Waals surface area contributed by atoms with Crippen molar-refractivity contribution in [3.63, 3.8) is 0 Å². The maximum absolute atomic E-state index is 12.5. The molecule has 1 amide bonds. The first kappa shape index (κ1) is 17.9. The van der Waals surface area contributed by atoms with Gasteiger partial charge in [0.2, 0.25) is 0 Å². The van der Waals surface area contributed by atoms with Crippen molar-refractivity contribution in [3.8, 4) is 0 Å². The lowest BCUT2D eigenvalue weighted by Gasteiger charge is -2.29. The predicted molar refractivity (Wildman–Crippen MR) is 102 cm³/mol. The number of morpholine rings is 1. The van der Waals surface area contributed by atoms with Gasteiger partial charge < -0.3 is 20.3 Å². The molecule has 2 aliphatic heterocycles. The van der Waals surface area contributed by atoms with Gasteiger partial charge in [-0.15, -0.1) is 0 Å². The summed E-state index contributed by atoms with van der Waals surface area (Å²) in [5, 5.41) is 10.8. The van der Waals surface area contributed by atoms with Crippen LogP contribution in [0.5, 0.6) is 0 Å². The van der Waals surface area contributed by atoms with Gasteiger partial charge in [-0.05, 0) is 31.5 Å². The van der Waals surface area contributed by atoms with Crippen LogP contribution in [0.3, 0.4) is 0 Å². The van der Waals surface area contributed by atoms with Crippen molar-refractivity contribution in [1.29, 1.82) is 0 Å². The Kier molecular flexibility index (Phi) is 5.64. The molecular formula is C19H26N6O2. The van der Waals surface area contributed by atoms with E-state index in [0.29, 0.717) is 31.5 Å². The van der Waals surface area contributed by atoms with E-state index in [1.165, 1.54) is 0 Å². The standard InChI is InChI=1S/C19H26N6O2/c26-19(17-5-8-25(23-17)16-4-2-6-20-14-16)22-13-15-3-1-7-21-18(15)24-9-11-27-12-10-24/h1,3,5,7-8,16,20H,2,4,6,9-14H2,(H,22,26). The highest BCUT2D eigenvalue weighted by atomic mass is 16.5. The molecule has 0 radical (unpaired) electrons. The van der Waals surface area contributed by atoms with Gasteiger partial charge in [0.1, 0.15) is 11.5 Å². The number of carbonyl (C=O) groups is 1. The summed E-state index contributed by atoms with van der Waals surface area (Å²) in [6, 6.07) is 6.02. The molecule has 2 aliphatic rings. The number of carbonyl (C=O) groups excluding carboxylic acids is 1. The van der Waals surface area contributed by atoms with Crippen LogP contribution >= 0.6 is 0 Å². The monoisotopic (exact) mass is 370 g/mol. The van der Waals surface area contributed by atoms with Gasteiger partial charge in [0.15, 0.2) is 0 Å².